The van der Waals surface area contributed by atoms with Crippen molar-refractivity contribution in [2.24, 2.45) is 0 Å². The van der Waals surface area contributed by atoms with E-state index in [0.29, 0.717) is 19.2 Å². The van der Waals surface area contributed by atoms with E-state index < -0.39 is 0 Å². The Morgan fingerprint density at radius 2 is 2.04 bits per heavy atom. The summed E-state index contributed by atoms with van der Waals surface area (Å²) >= 11 is 0. The molecule has 148 valence electrons. The molecule has 0 saturated carbocycles. The number of carbonyl (C=O) groups excluding carboxylic acids is 1. The number of hydrogen-bond donors (Lipinski definition) is 1. The maximum atomic E-state index is 12.6. The lowest BCUT2D eigenvalue weighted by Gasteiger charge is -2.11. The van der Waals surface area contributed by atoms with Crippen molar-refractivity contribution < 1.29 is 14.3 Å². The predicted octanol–water partition coefficient (Wildman–Crippen LogP) is 3.96. The number of nitrogens with one attached hydrogen (secondary N) is 1. The van der Waals surface area contributed by atoms with Gasteiger partial charge in [0, 0.05) is 19.8 Å². The molecule has 0 fully saturated rings. The molecule has 1 amide bonds. The number of aromatic nitrogens is 2. The van der Waals surface area contributed by atoms with Crippen LogP contribution >= 0.6 is 0 Å². The van der Waals surface area contributed by atoms with Crippen molar-refractivity contribution in [1.29, 1.82) is 0 Å². The first-order chi connectivity index (χ1) is 13.6. The molecule has 0 radical (unpaired) electrons. The van der Waals surface area contributed by atoms with Gasteiger partial charge in [0.2, 0.25) is 11.9 Å². The maximum Gasteiger partial charge on any atom is 0.231 e. The lowest BCUT2D eigenvalue weighted by Crippen LogP contribution is -2.18. The third-order valence-corrected chi connectivity index (χ3v) is 4.62. The lowest BCUT2D eigenvalue weighted by molar-refractivity contribution is -0.115. The van der Waals surface area contributed by atoms with Crippen molar-refractivity contribution >= 4 is 22.9 Å². The molecule has 1 aromatic heterocycles. The third kappa shape index (κ3) is 4.70. The number of imidazole rings is 1. The van der Waals surface area contributed by atoms with Crippen LogP contribution in [-0.2, 0) is 22.5 Å². The fourth-order valence-electron chi connectivity index (χ4n) is 3.20. The summed E-state index contributed by atoms with van der Waals surface area (Å²) < 4.78 is 12.8. The molecule has 0 aliphatic rings. The second kappa shape index (κ2) is 9.37. The molecule has 6 nitrogen and oxygen atoms in total. The number of carbonyl (C=O) groups is 1. The number of aryl methyl sites for hydroxylation is 2. The summed E-state index contributed by atoms with van der Waals surface area (Å²) in [6, 6.07) is 13.7. The number of ether oxygens (including phenoxy) is 2. The molecule has 1 heterocycles. The van der Waals surface area contributed by atoms with Crippen LogP contribution in [0.1, 0.15) is 24.5 Å². The van der Waals surface area contributed by atoms with E-state index in [9.17, 15) is 4.79 Å². The van der Waals surface area contributed by atoms with Crippen molar-refractivity contribution in [3.05, 3.63) is 53.6 Å². The summed E-state index contributed by atoms with van der Waals surface area (Å²) in [4.78, 5) is 17.2. The molecule has 0 aliphatic heterocycles. The van der Waals surface area contributed by atoms with E-state index in [2.05, 4.69) is 10.3 Å². The Labute approximate surface area is 165 Å². The van der Waals surface area contributed by atoms with Gasteiger partial charge in [0.05, 0.1) is 24.6 Å². The maximum absolute atomic E-state index is 12.6. The summed E-state index contributed by atoms with van der Waals surface area (Å²) in [6.45, 7) is 6.08. The minimum absolute atomic E-state index is 0.104. The van der Waals surface area contributed by atoms with Gasteiger partial charge >= 0.3 is 0 Å². The molecule has 6 heteroatoms. The van der Waals surface area contributed by atoms with Gasteiger partial charge in [0.15, 0.2) is 0 Å². The number of methoxy groups -OCH3 is 1. The molecule has 3 aromatic rings. The second-order valence-electron chi connectivity index (χ2n) is 6.66. The van der Waals surface area contributed by atoms with E-state index in [-0.39, 0.29) is 12.3 Å². The minimum atomic E-state index is -0.104. The summed E-state index contributed by atoms with van der Waals surface area (Å²) in [7, 11) is 1.64. The van der Waals surface area contributed by atoms with Crippen molar-refractivity contribution in [1.82, 2.24) is 9.55 Å². The van der Waals surface area contributed by atoms with Gasteiger partial charge in [-0.1, -0.05) is 24.3 Å². The second-order valence-corrected chi connectivity index (χ2v) is 6.66. The van der Waals surface area contributed by atoms with Crippen LogP contribution in [0.5, 0.6) is 5.75 Å². The van der Waals surface area contributed by atoms with Gasteiger partial charge in [-0.05, 0) is 49.6 Å². The molecule has 3 rings (SSSR count). The quantitative estimate of drug-likeness (QED) is 0.570. The first kappa shape index (κ1) is 19.9. The SMILES string of the molecule is CCOCCCn1c(NC(=O)Cc2ccc(C)c(OC)c2)nc2ccccc21. The average Bonchev–Trinajstić information content (AvgIpc) is 3.03. The molecular weight excluding hydrogens is 354 g/mol. The van der Waals surface area contributed by atoms with Gasteiger partial charge in [-0.15, -0.1) is 0 Å². The monoisotopic (exact) mass is 381 g/mol. The molecular formula is C22H27N3O3. The Balaban J connectivity index is 1.76. The van der Waals surface area contributed by atoms with Gasteiger partial charge in [0.25, 0.3) is 0 Å². The zero-order valence-electron chi connectivity index (χ0n) is 16.7. The Morgan fingerprint density at radius 1 is 1.21 bits per heavy atom. The van der Waals surface area contributed by atoms with E-state index in [1.165, 1.54) is 0 Å². The van der Waals surface area contributed by atoms with E-state index in [1.807, 2.05) is 60.9 Å². The van der Waals surface area contributed by atoms with Crippen molar-refractivity contribution in [2.75, 3.05) is 25.6 Å². The molecule has 0 spiro atoms. The fraction of sp³-hybridized carbons (Fsp3) is 0.364. The summed E-state index contributed by atoms with van der Waals surface area (Å²) in [5.41, 5.74) is 3.82. The smallest absolute Gasteiger partial charge is 0.231 e. The van der Waals surface area contributed by atoms with Crippen LogP contribution in [-0.4, -0.2) is 35.8 Å². The normalized spacial score (nSPS) is 11.0. The summed E-state index contributed by atoms with van der Waals surface area (Å²) in [5, 5.41) is 2.97. The number of nitrogens with zero attached hydrogens (tertiary/aromatic N) is 2. The van der Waals surface area contributed by atoms with Gasteiger partial charge in [-0.2, -0.15) is 0 Å². The van der Waals surface area contributed by atoms with Gasteiger partial charge in [-0.3, -0.25) is 10.1 Å². The van der Waals surface area contributed by atoms with E-state index in [1.54, 1.807) is 7.11 Å². The molecule has 0 bridgehead atoms. The van der Waals surface area contributed by atoms with Crippen LogP contribution < -0.4 is 10.1 Å². The minimum Gasteiger partial charge on any atom is -0.496 e. The fourth-order valence-corrected chi connectivity index (χ4v) is 3.20. The molecule has 0 saturated heterocycles. The average molecular weight is 381 g/mol. The van der Waals surface area contributed by atoms with Crippen molar-refractivity contribution in [3.8, 4) is 5.75 Å². The standard InChI is InChI=1S/C22H27N3O3/c1-4-28-13-7-12-25-19-9-6-5-8-18(19)23-22(25)24-21(26)15-17-11-10-16(2)20(14-17)27-3/h5-6,8-11,14H,4,7,12-13,15H2,1-3H3,(H,23,24,26). The van der Waals surface area contributed by atoms with Crippen LogP contribution in [0.4, 0.5) is 5.95 Å². The zero-order valence-corrected chi connectivity index (χ0v) is 16.7. The number of anilines is 1. The Kier molecular flexibility index (Phi) is 6.66. The lowest BCUT2D eigenvalue weighted by atomic mass is 10.1. The highest BCUT2D eigenvalue weighted by atomic mass is 16.5. The number of benzene rings is 2. The van der Waals surface area contributed by atoms with Gasteiger partial charge < -0.3 is 14.0 Å². The highest BCUT2D eigenvalue weighted by Crippen LogP contribution is 2.22. The zero-order chi connectivity index (χ0) is 19.9. The highest BCUT2D eigenvalue weighted by molar-refractivity contribution is 5.93. The van der Waals surface area contributed by atoms with Crippen LogP contribution in [0, 0.1) is 6.92 Å². The topological polar surface area (TPSA) is 65.4 Å². The summed E-state index contributed by atoms with van der Waals surface area (Å²) in [6.07, 6.45) is 1.12. The molecule has 1 N–H and O–H groups in total. The van der Waals surface area contributed by atoms with E-state index >= 15 is 0 Å². The molecule has 28 heavy (non-hydrogen) atoms. The predicted molar refractivity (Wildman–Crippen MR) is 111 cm³/mol. The van der Waals surface area contributed by atoms with E-state index in [0.717, 1.165) is 40.9 Å². The highest BCUT2D eigenvalue weighted by Gasteiger charge is 2.14. The van der Waals surface area contributed by atoms with E-state index in [4.69, 9.17) is 9.47 Å². The molecule has 0 aliphatic carbocycles. The van der Waals surface area contributed by atoms with Crippen LogP contribution in [0.15, 0.2) is 42.5 Å². The van der Waals surface area contributed by atoms with Gasteiger partial charge in [-0.25, -0.2) is 4.98 Å². The number of amides is 1. The third-order valence-electron chi connectivity index (χ3n) is 4.62. The Morgan fingerprint density at radius 3 is 2.82 bits per heavy atom. The summed E-state index contributed by atoms with van der Waals surface area (Å²) in [5.74, 6) is 1.25. The molecule has 2 aromatic carbocycles. The van der Waals surface area contributed by atoms with Crippen molar-refractivity contribution in [2.45, 2.75) is 33.2 Å². The van der Waals surface area contributed by atoms with Crippen LogP contribution in [0.3, 0.4) is 0 Å². The first-order valence-corrected chi connectivity index (χ1v) is 9.58. The van der Waals surface area contributed by atoms with Gasteiger partial charge in [0.1, 0.15) is 5.75 Å². The van der Waals surface area contributed by atoms with Crippen LogP contribution in [0.25, 0.3) is 11.0 Å². The Bertz CT molecular complexity index is 949. The Hall–Kier alpha value is -2.86. The number of rotatable bonds is 9. The van der Waals surface area contributed by atoms with Crippen molar-refractivity contribution in [3.63, 3.8) is 0 Å². The first-order valence-electron chi connectivity index (χ1n) is 9.58. The number of para-hydroxylation sites is 2. The number of hydrogen-bond acceptors (Lipinski definition) is 4. The molecule has 0 unspecified atom stereocenters. The number of fused-ring (bicyclic) bond motifs is 1. The largest absolute Gasteiger partial charge is 0.496 e. The van der Waals surface area contributed by atoms with Crippen LogP contribution in [0.2, 0.25) is 0 Å². The molecule has 0 atom stereocenters.